The molecule has 4 heteroatoms. The van der Waals surface area contributed by atoms with Crippen LogP contribution in [0, 0.1) is 0 Å². The van der Waals surface area contributed by atoms with E-state index in [2.05, 4.69) is 43.4 Å². The van der Waals surface area contributed by atoms with Crippen molar-refractivity contribution >= 4 is 0 Å². The van der Waals surface area contributed by atoms with Crippen molar-refractivity contribution in [2.24, 2.45) is 0 Å². The number of hydrogen-bond acceptors (Lipinski definition) is 4. The zero-order valence-corrected chi connectivity index (χ0v) is 13.7. The number of rotatable bonds is 12. The maximum Gasteiger partial charge on any atom is 0.119 e. The minimum absolute atomic E-state index is 0.607. The Hall–Kier alpha value is -1.10. The lowest BCUT2D eigenvalue weighted by Gasteiger charge is -2.10. The molecule has 0 heterocycles. The predicted octanol–water partition coefficient (Wildman–Crippen LogP) is 2.53. The van der Waals surface area contributed by atoms with Crippen molar-refractivity contribution in [2.75, 3.05) is 47.0 Å². The van der Waals surface area contributed by atoms with Gasteiger partial charge in [0.2, 0.25) is 0 Å². The Labute approximate surface area is 129 Å². The molecule has 21 heavy (non-hydrogen) atoms. The molecule has 0 aliphatic heterocycles. The molecule has 120 valence electrons. The quantitative estimate of drug-likeness (QED) is 0.601. The summed E-state index contributed by atoms with van der Waals surface area (Å²) in [5, 5.41) is 3.39. The predicted molar refractivity (Wildman–Crippen MR) is 87.9 cm³/mol. The third-order valence-corrected chi connectivity index (χ3v) is 3.07. The Morgan fingerprint density at radius 2 is 1.81 bits per heavy atom. The van der Waals surface area contributed by atoms with E-state index >= 15 is 0 Å². The third kappa shape index (κ3) is 9.45. The first kappa shape index (κ1) is 18.0. The average molecular weight is 294 g/mol. The summed E-state index contributed by atoms with van der Waals surface area (Å²) >= 11 is 0. The number of nitrogens with zero attached hydrogens (tertiary/aromatic N) is 1. The standard InChI is InChI=1S/C17H30N2O2/c1-4-10-18-15-16-6-8-17(9-7-16)21-14-13-20-12-5-11-19(2)3/h6-9,18H,4-5,10-15H2,1-3H3. The highest BCUT2D eigenvalue weighted by Gasteiger charge is 1.96. The van der Waals surface area contributed by atoms with Crippen molar-refractivity contribution in [3.63, 3.8) is 0 Å². The van der Waals surface area contributed by atoms with Crippen molar-refractivity contribution < 1.29 is 9.47 Å². The van der Waals surface area contributed by atoms with Crippen LogP contribution >= 0.6 is 0 Å². The first-order valence-electron chi connectivity index (χ1n) is 7.87. The molecule has 0 aliphatic carbocycles. The van der Waals surface area contributed by atoms with Gasteiger partial charge in [0, 0.05) is 13.2 Å². The molecule has 0 radical (unpaired) electrons. The second kappa shape index (κ2) is 11.5. The van der Waals surface area contributed by atoms with E-state index in [-0.39, 0.29) is 0 Å². The van der Waals surface area contributed by atoms with Gasteiger partial charge < -0.3 is 19.7 Å². The number of nitrogens with one attached hydrogen (secondary N) is 1. The van der Waals surface area contributed by atoms with Crippen LogP contribution in [0.4, 0.5) is 0 Å². The molecule has 1 rings (SSSR count). The first-order chi connectivity index (χ1) is 10.2. The van der Waals surface area contributed by atoms with Crippen LogP contribution < -0.4 is 10.1 Å². The maximum absolute atomic E-state index is 5.66. The normalized spacial score (nSPS) is 11.0. The van der Waals surface area contributed by atoms with Crippen molar-refractivity contribution in [2.45, 2.75) is 26.3 Å². The minimum atomic E-state index is 0.607. The van der Waals surface area contributed by atoms with Gasteiger partial charge in [-0.1, -0.05) is 19.1 Å². The molecule has 0 spiro atoms. The van der Waals surface area contributed by atoms with Gasteiger partial charge in [-0.05, 0) is 57.7 Å². The topological polar surface area (TPSA) is 33.7 Å². The summed E-state index contributed by atoms with van der Waals surface area (Å²) in [6.45, 7) is 7.26. The minimum Gasteiger partial charge on any atom is -0.491 e. The Balaban J connectivity index is 2.07. The maximum atomic E-state index is 5.66. The van der Waals surface area contributed by atoms with Gasteiger partial charge in [-0.15, -0.1) is 0 Å². The Kier molecular flexibility index (Phi) is 9.87. The number of hydrogen-bond donors (Lipinski definition) is 1. The molecular weight excluding hydrogens is 264 g/mol. The lowest BCUT2D eigenvalue weighted by Crippen LogP contribution is -2.16. The molecule has 0 aromatic heterocycles. The van der Waals surface area contributed by atoms with E-state index in [9.17, 15) is 0 Å². The van der Waals surface area contributed by atoms with Crippen LogP contribution in [-0.4, -0.2) is 51.9 Å². The smallest absolute Gasteiger partial charge is 0.119 e. The highest BCUT2D eigenvalue weighted by atomic mass is 16.5. The van der Waals surface area contributed by atoms with Gasteiger partial charge in [-0.2, -0.15) is 0 Å². The molecule has 1 aromatic carbocycles. The fourth-order valence-electron chi connectivity index (χ4n) is 1.92. The lowest BCUT2D eigenvalue weighted by atomic mass is 10.2. The van der Waals surface area contributed by atoms with Gasteiger partial charge in [0.05, 0.1) is 6.61 Å². The van der Waals surface area contributed by atoms with Gasteiger partial charge in [0.25, 0.3) is 0 Å². The van der Waals surface area contributed by atoms with E-state index < -0.39 is 0 Å². The van der Waals surface area contributed by atoms with Gasteiger partial charge in [0.15, 0.2) is 0 Å². The van der Waals surface area contributed by atoms with E-state index in [1.807, 2.05) is 12.1 Å². The molecule has 0 amide bonds. The molecule has 0 atom stereocenters. The first-order valence-corrected chi connectivity index (χ1v) is 7.87. The van der Waals surface area contributed by atoms with E-state index in [1.54, 1.807) is 0 Å². The molecule has 0 saturated carbocycles. The summed E-state index contributed by atoms with van der Waals surface area (Å²) in [7, 11) is 4.15. The van der Waals surface area contributed by atoms with Gasteiger partial charge in [-0.3, -0.25) is 0 Å². The summed E-state index contributed by atoms with van der Waals surface area (Å²) in [5.74, 6) is 0.908. The van der Waals surface area contributed by atoms with Gasteiger partial charge >= 0.3 is 0 Å². The zero-order chi connectivity index (χ0) is 15.3. The van der Waals surface area contributed by atoms with Crippen LogP contribution in [0.2, 0.25) is 0 Å². The highest BCUT2D eigenvalue weighted by Crippen LogP contribution is 2.11. The largest absolute Gasteiger partial charge is 0.491 e. The van der Waals surface area contributed by atoms with Crippen LogP contribution in [0.1, 0.15) is 25.3 Å². The third-order valence-electron chi connectivity index (χ3n) is 3.07. The molecule has 4 nitrogen and oxygen atoms in total. The number of benzene rings is 1. The fraction of sp³-hybridized carbons (Fsp3) is 0.647. The van der Waals surface area contributed by atoms with E-state index in [1.165, 1.54) is 5.56 Å². The van der Waals surface area contributed by atoms with E-state index in [0.717, 1.165) is 44.8 Å². The summed E-state index contributed by atoms with van der Waals surface area (Å²) in [6.07, 6.45) is 2.22. The zero-order valence-electron chi connectivity index (χ0n) is 13.7. The SMILES string of the molecule is CCCNCc1ccc(OCCOCCCN(C)C)cc1. The Bertz CT molecular complexity index is 352. The van der Waals surface area contributed by atoms with Crippen LogP contribution in [0.25, 0.3) is 0 Å². The van der Waals surface area contributed by atoms with Gasteiger partial charge in [-0.25, -0.2) is 0 Å². The fourth-order valence-corrected chi connectivity index (χ4v) is 1.92. The molecule has 1 N–H and O–H groups in total. The van der Waals surface area contributed by atoms with Crippen LogP contribution in [-0.2, 0) is 11.3 Å². The van der Waals surface area contributed by atoms with Crippen molar-refractivity contribution in [3.8, 4) is 5.75 Å². The van der Waals surface area contributed by atoms with E-state index in [4.69, 9.17) is 9.47 Å². The molecular formula is C17H30N2O2. The number of ether oxygens (including phenoxy) is 2. The second-order valence-electron chi connectivity index (χ2n) is 5.44. The van der Waals surface area contributed by atoms with Crippen molar-refractivity contribution in [1.82, 2.24) is 10.2 Å². The van der Waals surface area contributed by atoms with Crippen LogP contribution in [0.5, 0.6) is 5.75 Å². The average Bonchev–Trinajstić information content (AvgIpc) is 2.48. The molecule has 0 saturated heterocycles. The van der Waals surface area contributed by atoms with Crippen LogP contribution in [0.15, 0.2) is 24.3 Å². The van der Waals surface area contributed by atoms with Crippen LogP contribution in [0.3, 0.4) is 0 Å². The molecule has 0 bridgehead atoms. The Morgan fingerprint density at radius 3 is 2.48 bits per heavy atom. The monoisotopic (exact) mass is 294 g/mol. The molecule has 0 unspecified atom stereocenters. The Morgan fingerprint density at radius 1 is 1.05 bits per heavy atom. The molecule has 0 fully saturated rings. The summed E-state index contributed by atoms with van der Waals surface area (Å²) in [4.78, 5) is 2.16. The molecule has 1 aromatic rings. The lowest BCUT2D eigenvalue weighted by molar-refractivity contribution is 0.0946. The summed E-state index contributed by atoms with van der Waals surface area (Å²) in [5.41, 5.74) is 1.29. The second-order valence-corrected chi connectivity index (χ2v) is 5.44. The van der Waals surface area contributed by atoms with Crippen molar-refractivity contribution in [1.29, 1.82) is 0 Å². The molecule has 0 aliphatic rings. The summed E-state index contributed by atoms with van der Waals surface area (Å²) < 4.78 is 11.2. The van der Waals surface area contributed by atoms with E-state index in [0.29, 0.717) is 13.2 Å². The summed E-state index contributed by atoms with van der Waals surface area (Å²) in [6, 6.07) is 8.26. The highest BCUT2D eigenvalue weighted by molar-refractivity contribution is 5.27. The van der Waals surface area contributed by atoms with Gasteiger partial charge in [0.1, 0.15) is 12.4 Å². The van der Waals surface area contributed by atoms with Crippen molar-refractivity contribution in [3.05, 3.63) is 29.8 Å².